The third-order valence-corrected chi connectivity index (χ3v) is 4.02. The molecular formula is C20H22ClNO6. The largest absolute Gasteiger partial charge is 0.497 e. The zero-order valence-corrected chi connectivity index (χ0v) is 16.8. The standard InChI is InChI=1S/C20H22ClNO6/c1-5-27-18-16(21)9-13(10-17(18)26-4)20(24)28-12(2)19(23)22-14-7-6-8-15(11-14)25-3/h6-12H,5H2,1-4H3,(H,22,23)/t12-/m0/s1. The van der Waals surface area contributed by atoms with Crippen LogP contribution in [0.25, 0.3) is 0 Å². The summed E-state index contributed by atoms with van der Waals surface area (Å²) in [5.41, 5.74) is 0.671. The summed E-state index contributed by atoms with van der Waals surface area (Å²) in [7, 11) is 2.97. The van der Waals surface area contributed by atoms with Gasteiger partial charge in [-0.25, -0.2) is 4.79 Å². The molecule has 0 heterocycles. The van der Waals surface area contributed by atoms with Gasteiger partial charge in [0.25, 0.3) is 5.91 Å². The minimum atomic E-state index is -1.03. The van der Waals surface area contributed by atoms with Crippen molar-refractivity contribution < 1.29 is 28.5 Å². The highest BCUT2D eigenvalue weighted by molar-refractivity contribution is 6.32. The zero-order chi connectivity index (χ0) is 20.7. The Hall–Kier alpha value is -2.93. The highest BCUT2D eigenvalue weighted by Gasteiger charge is 2.22. The zero-order valence-electron chi connectivity index (χ0n) is 16.1. The van der Waals surface area contributed by atoms with Crippen molar-refractivity contribution in [3.05, 3.63) is 47.0 Å². The summed E-state index contributed by atoms with van der Waals surface area (Å²) in [4.78, 5) is 24.7. The first-order valence-corrected chi connectivity index (χ1v) is 8.93. The van der Waals surface area contributed by atoms with E-state index in [-0.39, 0.29) is 10.6 Å². The molecule has 0 aliphatic carbocycles. The SMILES string of the molecule is CCOc1c(Cl)cc(C(=O)O[C@@H](C)C(=O)Nc2cccc(OC)c2)cc1OC. The van der Waals surface area contributed by atoms with E-state index >= 15 is 0 Å². The maximum Gasteiger partial charge on any atom is 0.339 e. The Morgan fingerprint density at radius 3 is 2.54 bits per heavy atom. The Kier molecular flexibility index (Phi) is 7.52. The van der Waals surface area contributed by atoms with E-state index in [1.165, 1.54) is 33.3 Å². The van der Waals surface area contributed by atoms with Crippen molar-refractivity contribution in [3.8, 4) is 17.2 Å². The number of nitrogens with one attached hydrogen (secondary N) is 1. The van der Waals surface area contributed by atoms with Crippen molar-refractivity contribution in [2.45, 2.75) is 20.0 Å². The predicted molar refractivity (Wildman–Crippen MR) is 106 cm³/mol. The molecular weight excluding hydrogens is 386 g/mol. The van der Waals surface area contributed by atoms with Crippen molar-refractivity contribution >= 4 is 29.2 Å². The maximum atomic E-state index is 12.4. The third kappa shape index (κ3) is 5.29. The number of halogens is 1. The number of hydrogen-bond acceptors (Lipinski definition) is 6. The van der Waals surface area contributed by atoms with E-state index < -0.39 is 18.0 Å². The second kappa shape index (κ2) is 9.85. The number of methoxy groups -OCH3 is 2. The van der Waals surface area contributed by atoms with Crippen molar-refractivity contribution in [2.75, 3.05) is 26.1 Å². The molecule has 0 saturated heterocycles. The highest BCUT2D eigenvalue weighted by atomic mass is 35.5. The number of esters is 1. The molecule has 7 nitrogen and oxygen atoms in total. The average Bonchev–Trinajstić information content (AvgIpc) is 2.69. The Labute approximate surface area is 168 Å². The molecule has 1 atom stereocenters. The fourth-order valence-corrected chi connectivity index (χ4v) is 2.61. The van der Waals surface area contributed by atoms with Crippen molar-refractivity contribution in [3.63, 3.8) is 0 Å². The van der Waals surface area contributed by atoms with Crippen LogP contribution in [0.2, 0.25) is 5.02 Å². The second-order valence-corrected chi connectivity index (χ2v) is 6.10. The second-order valence-electron chi connectivity index (χ2n) is 5.69. The minimum absolute atomic E-state index is 0.145. The van der Waals surface area contributed by atoms with Crippen LogP contribution < -0.4 is 19.5 Å². The monoisotopic (exact) mass is 407 g/mol. The molecule has 1 N–H and O–H groups in total. The van der Waals surface area contributed by atoms with Gasteiger partial charge in [-0.15, -0.1) is 0 Å². The number of amides is 1. The van der Waals surface area contributed by atoms with E-state index in [0.29, 0.717) is 29.5 Å². The summed E-state index contributed by atoms with van der Waals surface area (Å²) < 4.78 is 21.0. The summed E-state index contributed by atoms with van der Waals surface area (Å²) in [5.74, 6) is 0.0440. The lowest BCUT2D eigenvalue weighted by Gasteiger charge is -2.16. The minimum Gasteiger partial charge on any atom is -0.497 e. The fraction of sp³-hybridized carbons (Fsp3) is 0.300. The summed E-state index contributed by atoms with van der Waals surface area (Å²) in [6.07, 6.45) is -1.03. The summed E-state index contributed by atoms with van der Waals surface area (Å²) in [6.45, 7) is 3.67. The molecule has 2 rings (SSSR count). The van der Waals surface area contributed by atoms with Gasteiger partial charge in [0.2, 0.25) is 0 Å². The van der Waals surface area contributed by atoms with Crippen molar-refractivity contribution in [1.82, 2.24) is 0 Å². The van der Waals surface area contributed by atoms with Gasteiger partial charge in [0.15, 0.2) is 17.6 Å². The fourth-order valence-electron chi connectivity index (χ4n) is 2.35. The van der Waals surface area contributed by atoms with Crippen LogP contribution in [0.4, 0.5) is 5.69 Å². The number of benzene rings is 2. The first kappa shape index (κ1) is 21.4. The number of anilines is 1. The van der Waals surface area contributed by atoms with E-state index in [1.807, 2.05) is 0 Å². The van der Waals surface area contributed by atoms with Crippen molar-refractivity contribution in [2.24, 2.45) is 0 Å². The maximum absolute atomic E-state index is 12.4. The molecule has 150 valence electrons. The number of carbonyl (C=O) groups excluding carboxylic acids is 2. The third-order valence-electron chi connectivity index (χ3n) is 3.74. The Morgan fingerprint density at radius 2 is 1.89 bits per heavy atom. The molecule has 0 bridgehead atoms. The van der Waals surface area contributed by atoms with Gasteiger partial charge in [0.05, 0.1) is 31.4 Å². The summed E-state index contributed by atoms with van der Waals surface area (Å²) in [5, 5.41) is 2.88. The number of carbonyl (C=O) groups is 2. The molecule has 0 spiro atoms. The molecule has 0 fully saturated rings. The van der Waals surface area contributed by atoms with Crippen LogP contribution >= 0.6 is 11.6 Å². The lowest BCUT2D eigenvalue weighted by Crippen LogP contribution is -2.30. The van der Waals surface area contributed by atoms with E-state index in [4.69, 9.17) is 30.5 Å². The first-order chi connectivity index (χ1) is 13.4. The molecule has 2 aromatic carbocycles. The lowest BCUT2D eigenvalue weighted by molar-refractivity contribution is -0.123. The molecule has 0 aliphatic rings. The van der Waals surface area contributed by atoms with Crippen molar-refractivity contribution in [1.29, 1.82) is 0 Å². The molecule has 0 aromatic heterocycles. The van der Waals surface area contributed by atoms with Gasteiger partial charge in [-0.3, -0.25) is 4.79 Å². The number of ether oxygens (including phenoxy) is 4. The van der Waals surface area contributed by atoms with Gasteiger partial charge in [-0.2, -0.15) is 0 Å². The summed E-state index contributed by atoms with van der Waals surface area (Å²) >= 11 is 6.17. The number of hydrogen-bond donors (Lipinski definition) is 1. The Morgan fingerprint density at radius 1 is 1.14 bits per heavy atom. The van der Waals surface area contributed by atoms with Crippen LogP contribution in [0, 0.1) is 0 Å². The molecule has 8 heteroatoms. The van der Waals surface area contributed by atoms with Gasteiger partial charge in [-0.1, -0.05) is 17.7 Å². The molecule has 0 radical (unpaired) electrons. The average molecular weight is 408 g/mol. The smallest absolute Gasteiger partial charge is 0.339 e. The van der Waals surface area contributed by atoms with Crippen LogP contribution in [0.15, 0.2) is 36.4 Å². The summed E-state index contributed by atoms with van der Waals surface area (Å²) in [6, 6.07) is 9.70. The molecule has 1 amide bonds. The first-order valence-electron chi connectivity index (χ1n) is 8.55. The van der Waals surface area contributed by atoms with Gasteiger partial charge >= 0.3 is 5.97 Å². The van der Waals surface area contributed by atoms with Crippen LogP contribution in [-0.2, 0) is 9.53 Å². The molecule has 28 heavy (non-hydrogen) atoms. The van der Waals surface area contributed by atoms with E-state index in [1.54, 1.807) is 31.2 Å². The van der Waals surface area contributed by atoms with E-state index in [2.05, 4.69) is 5.32 Å². The van der Waals surface area contributed by atoms with Crippen LogP contribution in [-0.4, -0.2) is 38.8 Å². The normalized spacial score (nSPS) is 11.3. The van der Waals surface area contributed by atoms with Gasteiger partial charge < -0.3 is 24.3 Å². The lowest BCUT2D eigenvalue weighted by atomic mass is 10.2. The van der Waals surface area contributed by atoms with Crippen LogP contribution in [0.1, 0.15) is 24.2 Å². The number of rotatable bonds is 8. The Bertz CT molecular complexity index is 855. The van der Waals surface area contributed by atoms with Gasteiger partial charge in [0, 0.05) is 11.8 Å². The van der Waals surface area contributed by atoms with Crippen LogP contribution in [0.5, 0.6) is 17.2 Å². The molecule has 0 aliphatic heterocycles. The molecule has 0 saturated carbocycles. The quantitative estimate of drug-likeness (QED) is 0.667. The predicted octanol–water partition coefficient (Wildman–Crippen LogP) is 3.94. The van der Waals surface area contributed by atoms with E-state index in [9.17, 15) is 9.59 Å². The van der Waals surface area contributed by atoms with Gasteiger partial charge in [-0.05, 0) is 38.1 Å². The van der Waals surface area contributed by atoms with Gasteiger partial charge in [0.1, 0.15) is 5.75 Å². The van der Waals surface area contributed by atoms with E-state index in [0.717, 1.165) is 0 Å². The topological polar surface area (TPSA) is 83.1 Å². The molecule has 2 aromatic rings. The van der Waals surface area contributed by atoms with Crippen LogP contribution in [0.3, 0.4) is 0 Å². The Balaban J connectivity index is 2.08. The molecule has 0 unspecified atom stereocenters. The highest BCUT2D eigenvalue weighted by Crippen LogP contribution is 2.36.